The maximum atomic E-state index is 12.4. The average molecular weight is 354 g/mol. The molecule has 3 amide bonds. The highest BCUT2D eigenvalue weighted by Crippen LogP contribution is 2.24. The highest BCUT2D eigenvalue weighted by molar-refractivity contribution is 5.96. The number of aromatic nitrogens is 2. The van der Waals surface area contributed by atoms with Gasteiger partial charge in [-0.1, -0.05) is 6.07 Å². The summed E-state index contributed by atoms with van der Waals surface area (Å²) in [6.07, 6.45) is 4.81. The van der Waals surface area contributed by atoms with E-state index in [4.69, 9.17) is 0 Å². The van der Waals surface area contributed by atoms with E-state index in [2.05, 4.69) is 20.6 Å². The highest BCUT2D eigenvalue weighted by Gasteiger charge is 2.22. The lowest BCUT2D eigenvalue weighted by Gasteiger charge is -2.20. The first-order valence-corrected chi connectivity index (χ1v) is 8.48. The summed E-state index contributed by atoms with van der Waals surface area (Å²) in [5.41, 5.74) is 2.29. The van der Waals surface area contributed by atoms with E-state index in [1.807, 2.05) is 18.2 Å². The van der Waals surface area contributed by atoms with Crippen LogP contribution >= 0.6 is 0 Å². The molecule has 2 heterocycles. The van der Waals surface area contributed by atoms with Crippen LogP contribution in [0, 0.1) is 0 Å². The van der Waals surface area contributed by atoms with E-state index in [0.29, 0.717) is 24.6 Å². The van der Waals surface area contributed by atoms with Crippen LogP contribution < -0.4 is 15.5 Å². The topological polar surface area (TPSA) is 90.5 Å². The van der Waals surface area contributed by atoms with Crippen molar-refractivity contribution in [3.63, 3.8) is 0 Å². The van der Waals surface area contributed by atoms with Crippen molar-refractivity contribution in [1.82, 2.24) is 14.9 Å². The van der Waals surface area contributed by atoms with Crippen LogP contribution in [0.1, 0.15) is 18.4 Å². The zero-order valence-electron chi connectivity index (χ0n) is 14.9. The Morgan fingerprint density at radius 1 is 1.31 bits per heavy atom. The van der Waals surface area contributed by atoms with Crippen molar-refractivity contribution in [3.05, 3.63) is 42.2 Å². The molecular weight excluding hydrogens is 332 g/mol. The Labute approximate surface area is 152 Å². The first kappa shape index (κ1) is 17.7. The number of rotatable bonds is 5. The number of nitrogens with one attached hydrogen (secondary N) is 2. The molecule has 1 aliphatic heterocycles. The predicted octanol–water partition coefficient (Wildman–Crippen LogP) is 2.31. The van der Waals surface area contributed by atoms with Gasteiger partial charge in [0.15, 0.2) is 0 Å². The largest absolute Gasteiger partial charge is 0.357 e. The van der Waals surface area contributed by atoms with E-state index in [0.717, 1.165) is 24.2 Å². The number of anilines is 3. The molecule has 1 saturated heterocycles. The summed E-state index contributed by atoms with van der Waals surface area (Å²) in [7, 11) is 3.45. The molecule has 0 aliphatic carbocycles. The Kier molecular flexibility index (Phi) is 5.31. The van der Waals surface area contributed by atoms with E-state index < -0.39 is 0 Å². The summed E-state index contributed by atoms with van der Waals surface area (Å²) in [4.78, 5) is 35.9. The summed E-state index contributed by atoms with van der Waals surface area (Å²) in [5.74, 6) is 0.657. The van der Waals surface area contributed by atoms with E-state index in [1.165, 1.54) is 0 Å². The Hall–Kier alpha value is -3.16. The molecule has 1 aromatic carbocycles. The van der Waals surface area contributed by atoms with Crippen LogP contribution in [-0.4, -0.2) is 47.4 Å². The van der Waals surface area contributed by atoms with E-state index >= 15 is 0 Å². The summed E-state index contributed by atoms with van der Waals surface area (Å²) < 4.78 is 0. The van der Waals surface area contributed by atoms with E-state index in [9.17, 15) is 9.59 Å². The smallest absolute Gasteiger partial charge is 0.321 e. The lowest BCUT2D eigenvalue weighted by molar-refractivity contribution is -0.117. The number of carbonyl (C=O) groups is 2. The van der Waals surface area contributed by atoms with Gasteiger partial charge in [0.05, 0.1) is 6.54 Å². The van der Waals surface area contributed by atoms with Crippen molar-refractivity contribution in [2.45, 2.75) is 19.4 Å². The monoisotopic (exact) mass is 354 g/mol. The second kappa shape index (κ2) is 7.81. The summed E-state index contributed by atoms with van der Waals surface area (Å²) in [5, 5.41) is 5.71. The summed E-state index contributed by atoms with van der Waals surface area (Å²) >= 11 is 0. The maximum absolute atomic E-state index is 12.4. The van der Waals surface area contributed by atoms with Gasteiger partial charge in [-0.05, 0) is 24.6 Å². The molecule has 136 valence electrons. The van der Waals surface area contributed by atoms with Gasteiger partial charge in [-0.3, -0.25) is 4.79 Å². The number of carbonyl (C=O) groups excluding carboxylic acids is 2. The fraction of sp³-hybridized carbons (Fsp3) is 0.333. The molecule has 8 heteroatoms. The molecule has 2 N–H and O–H groups in total. The first-order valence-electron chi connectivity index (χ1n) is 8.48. The predicted molar refractivity (Wildman–Crippen MR) is 100 cm³/mol. The van der Waals surface area contributed by atoms with Crippen LogP contribution in [0.25, 0.3) is 0 Å². The lowest BCUT2D eigenvalue weighted by atomic mass is 10.2. The Morgan fingerprint density at radius 2 is 2.08 bits per heavy atom. The van der Waals surface area contributed by atoms with Crippen LogP contribution in [0.2, 0.25) is 0 Å². The van der Waals surface area contributed by atoms with Crippen molar-refractivity contribution in [1.29, 1.82) is 0 Å². The number of nitrogens with zero attached hydrogens (tertiary/aromatic N) is 4. The first-order chi connectivity index (χ1) is 12.6. The normalized spacial score (nSPS) is 13.6. The molecule has 1 aromatic heterocycles. The van der Waals surface area contributed by atoms with Gasteiger partial charge in [-0.15, -0.1) is 0 Å². The van der Waals surface area contributed by atoms with Gasteiger partial charge in [0.2, 0.25) is 11.9 Å². The molecule has 0 atom stereocenters. The second-order valence-electron chi connectivity index (χ2n) is 6.15. The van der Waals surface area contributed by atoms with Gasteiger partial charge in [0.25, 0.3) is 0 Å². The minimum absolute atomic E-state index is 0.121. The van der Waals surface area contributed by atoms with Crippen molar-refractivity contribution in [2.24, 2.45) is 0 Å². The maximum Gasteiger partial charge on any atom is 0.321 e. The zero-order chi connectivity index (χ0) is 18.5. The van der Waals surface area contributed by atoms with Crippen LogP contribution in [0.5, 0.6) is 0 Å². The molecule has 1 fully saturated rings. The molecule has 2 aromatic rings. The second-order valence-corrected chi connectivity index (χ2v) is 6.15. The third kappa shape index (κ3) is 4.08. The number of hydrogen-bond donors (Lipinski definition) is 2. The molecule has 0 spiro atoms. The highest BCUT2D eigenvalue weighted by atomic mass is 16.2. The summed E-state index contributed by atoms with van der Waals surface area (Å²) in [6, 6.07) is 7.09. The molecule has 0 saturated carbocycles. The van der Waals surface area contributed by atoms with Gasteiger partial charge in [-0.2, -0.15) is 0 Å². The van der Waals surface area contributed by atoms with Crippen LogP contribution in [0.4, 0.5) is 22.1 Å². The van der Waals surface area contributed by atoms with Gasteiger partial charge < -0.3 is 20.4 Å². The SMILES string of the molecule is CNc1ncc(CN(C)C(=O)Nc2cccc(N3CCCC3=O)c2)cn1. The molecule has 3 rings (SSSR count). The van der Waals surface area contributed by atoms with Gasteiger partial charge >= 0.3 is 6.03 Å². The van der Waals surface area contributed by atoms with Crippen molar-refractivity contribution >= 4 is 29.3 Å². The van der Waals surface area contributed by atoms with Gasteiger partial charge in [0, 0.05) is 56.4 Å². The average Bonchev–Trinajstić information content (AvgIpc) is 3.08. The van der Waals surface area contributed by atoms with Crippen LogP contribution in [-0.2, 0) is 11.3 Å². The van der Waals surface area contributed by atoms with Gasteiger partial charge in [-0.25, -0.2) is 14.8 Å². The third-order valence-corrected chi connectivity index (χ3v) is 4.18. The van der Waals surface area contributed by atoms with Crippen molar-refractivity contribution < 1.29 is 9.59 Å². The lowest BCUT2D eigenvalue weighted by Crippen LogP contribution is -2.31. The minimum Gasteiger partial charge on any atom is -0.357 e. The number of hydrogen-bond acceptors (Lipinski definition) is 5. The van der Waals surface area contributed by atoms with Crippen LogP contribution in [0.3, 0.4) is 0 Å². The Balaban J connectivity index is 1.62. The molecule has 0 bridgehead atoms. The van der Waals surface area contributed by atoms with Gasteiger partial charge in [0.1, 0.15) is 0 Å². The molecule has 0 unspecified atom stereocenters. The van der Waals surface area contributed by atoms with E-state index in [-0.39, 0.29) is 11.9 Å². The number of urea groups is 1. The van der Waals surface area contributed by atoms with Crippen molar-refractivity contribution in [2.75, 3.05) is 36.2 Å². The molecule has 0 radical (unpaired) electrons. The Bertz CT molecular complexity index is 793. The molecule has 1 aliphatic rings. The fourth-order valence-corrected chi connectivity index (χ4v) is 2.80. The molecule has 26 heavy (non-hydrogen) atoms. The Morgan fingerprint density at radius 3 is 2.73 bits per heavy atom. The number of benzene rings is 1. The summed E-state index contributed by atoms with van der Waals surface area (Å²) in [6.45, 7) is 1.11. The molecular formula is C18H22N6O2. The fourth-order valence-electron chi connectivity index (χ4n) is 2.80. The number of amides is 3. The van der Waals surface area contributed by atoms with E-state index in [1.54, 1.807) is 42.4 Å². The van der Waals surface area contributed by atoms with Crippen molar-refractivity contribution in [3.8, 4) is 0 Å². The quantitative estimate of drug-likeness (QED) is 0.860. The third-order valence-electron chi connectivity index (χ3n) is 4.18. The van der Waals surface area contributed by atoms with Crippen LogP contribution in [0.15, 0.2) is 36.7 Å². The molecule has 8 nitrogen and oxygen atoms in total. The minimum atomic E-state index is -0.243. The zero-order valence-corrected chi connectivity index (χ0v) is 14.9. The standard InChI is InChI=1S/C18H22N6O2/c1-19-17-20-10-13(11-21-17)12-23(2)18(26)22-14-5-3-6-15(9-14)24-8-4-7-16(24)25/h3,5-6,9-11H,4,7-8,12H2,1-2H3,(H,22,26)(H,19,20,21).